The SMILES string of the molecule is Cc1cccc(C)c1OCCCN1CCCCC1C(=O)O. The Balaban J connectivity index is 1.80. The molecule has 4 nitrogen and oxygen atoms in total. The van der Waals surface area contributed by atoms with E-state index < -0.39 is 5.97 Å². The van der Waals surface area contributed by atoms with Crippen LogP contribution in [0.25, 0.3) is 0 Å². The second-order valence-corrected chi connectivity index (χ2v) is 5.81. The summed E-state index contributed by atoms with van der Waals surface area (Å²) in [4.78, 5) is 13.3. The lowest BCUT2D eigenvalue weighted by Gasteiger charge is -2.32. The zero-order chi connectivity index (χ0) is 15.2. The van der Waals surface area contributed by atoms with Crippen LogP contribution < -0.4 is 4.74 Å². The number of hydrogen-bond acceptors (Lipinski definition) is 3. The number of piperidine rings is 1. The molecule has 1 heterocycles. The molecule has 1 atom stereocenters. The van der Waals surface area contributed by atoms with E-state index in [0.717, 1.165) is 55.6 Å². The summed E-state index contributed by atoms with van der Waals surface area (Å²) in [7, 11) is 0. The molecule has 1 N–H and O–H groups in total. The third kappa shape index (κ3) is 4.21. The number of para-hydroxylation sites is 1. The Labute approximate surface area is 126 Å². The fraction of sp³-hybridized carbons (Fsp3) is 0.588. The van der Waals surface area contributed by atoms with Gasteiger partial charge in [-0.25, -0.2) is 0 Å². The number of carboxylic acid groups (broad SMARTS) is 1. The first-order valence-electron chi connectivity index (χ1n) is 7.75. The number of ether oxygens (including phenoxy) is 1. The van der Waals surface area contributed by atoms with E-state index in [1.54, 1.807) is 0 Å². The molecule has 1 unspecified atom stereocenters. The van der Waals surface area contributed by atoms with Crippen molar-refractivity contribution in [3.05, 3.63) is 29.3 Å². The molecule has 0 aliphatic carbocycles. The molecule has 0 aromatic heterocycles. The van der Waals surface area contributed by atoms with E-state index in [1.165, 1.54) is 0 Å². The third-order valence-electron chi connectivity index (χ3n) is 4.14. The van der Waals surface area contributed by atoms with Crippen LogP contribution in [0.15, 0.2) is 18.2 Å². The molecule has 2 rings (SSSR count). The van der Waals surface area contributed by atoms with Gasteiger partial charge in [0.2, 0.25) is 0 Å². The van der Waals surface area contributed by atoms with Crippen LogP contribution in [0.2, 0.25) is 0 Å². The van der Waals surface area contributed by atoms with Gasteiger partial charge in [-0.2, -0.15) is 0 Å². The maximum absolute atomic E-state index is 11.2. The summed E-state index contributed by atoms with van der Waals surface area (Å²) >= 11 is 0. The number of likely N-dealkylation sites (tertiary alicyclic amines) is 1. The van der Waals surface area contributed by atoms with Crippen LogP contribution in [0.1, 0.15) is 36.8 Å². The molecule has 1 aliphatic rings. The highest BCUT2D eigenvalue weighted by atomic mass is 16.5. The predicted molar refractivity (Wildman–Crippen MR) is 82.9 cm³/mol. The van der Waals surface area contributed by atoms with Gasteiger partial charge >= 0.3 is 5.97 Å². The monoisotopic (exact) mass is 291 g/mol. The molecule has 0 amide bonds. The van der Waals surface area contributed by atoms with E-state index in [-0.39, 0.29) is 6.04 Å². The number of benzene rings is 1. The minimum atomic E-state index is -0.689. The molecular formula is C17H25NO3. The predicted octanol–water partition coefficient (Wildman–Crippen LogP) is 3.01. The van der Waals surface area contributed by atoms with Gasteiger partial charge in [0, 0.05) is 6.54 Å². The van der Waals surface area contributed by atoms with Gasteiger partial charge < -0.3 is 9.84 Å². The fourth-order valence-electron chi connectivity index (χ4n) is 3.01. The Morgan fingerprint density at radius 2 is 2.05 bits per heavy atom. The summed E-state index contributed by atoms with van der Waals surface area (Å²) in [5.74, 6) is 0.274. The maximum atomic E-state index is 11.2. The molecule has 1 aromatic rings. The van der Waals surface area contributed by atoms with Crippen molar-refractivity contribution in [3.63, 3.8) is 0 Å². The molecule has 4 heteroatoms. The van der Waals surface area contributed by atoms with E-state index in [9.17, 15) is 9.90 Å². The minimum Gasteiger partial charge on any atom is -0.493 e. The second-order valence-electron chi connectivity index (χ2n) is 5.81. The zero-order valence-corrected chi connectivity index (χ0v) is 13.0. The molecule has 0 saturated carbocycles. The lowest BCUT2D eigenvalue weighted by Crippen LogP contribution is -2.45. The van der Waals surface area contributed by atoms with Gasteiger partial charge in [-0.1, -0.05) is 24.6 Å². The van der Waals surface area contributed by atoms with Crippen LogP contribution >= 0.6 is 0 Å². The highest BCUT2D eigenvalue weighted by Crippen LogP contribution is 2.22. The number of nitrogens with zero attached hydrogens (tertiary/aromatic N) is 1. The van der Waals surface area contributed by atoms with Crippen LogP contribution in [0.3, 0.4) is 0 Å². The Morgan fingerprint density at radius 3 is 2.71 bits per heavy atom. The van der Waals surface area contributed by atoms with Crippen LogP contribution in [-0.2, 0) is 4.79 Å². The summed E-state index contributed by atoms with van der Waals surface area (Å²) < 4.78 is 5.88. The summed E-state index contributed by atoms with van der Waals surface area (Å²) in [6.07, 6.45) is 3.75. The molecule has 0 spiro atoms. The Kier molecular flexibility index (Phi) is 5.62. The number of carbonyl (C=O) groups is 1. The molecule has 1 fully saturated rings. The first-order valence-corrected chi connectivity index (χ1v) is 7.75. The van der Waals surface area contributed by atoms with Gasteiger partial charge in [-0.3, -0.25) is 9.69 Å². The normalized spacial score (nSPS) is 19.4. The first kappa shape index (κ1) is 15.8. The Morgan fingerprint density at radius 1 is 1.33 bits per heavy atom. The first-order chi connectivity index (χ1) is 10.1. The van der Waals surface area contributed by atoms with Gasteiger partial charge in [0.1, 0.15) is 11.8 Å². The second kappa shape index (κ2) is 7.46. The summed E-state index contributed by atoms with van der Waals surface area (Å²) in [5, 5.41) is 9.24. The average molecular weight is 291 g/mol. The van der Waals surface area contributed by atoms with Crippen LogP contribution in [0, 0.1) is 13.8 Å². The summed E-state index contributed by atoms with van der Waals surface area (Å²) in [6, 6.07) is 5.82. The maximum Gasteiger partial charge on any atom is 0.320 e. The number of aryl methyl sites for hydroxylation is 2. The molecule has 0 bridgehead atoms. The van der Waals surface area contributed by atoms with Gasteiger partial charge in [0.05, 0.1) is 6.61 Å². The number of carboxylic acids is 1. The van der Waals surface area contributed by atoms with Crippen LogP contribution in [0.5, 0.6) is 5.75 Å². The number of aliphatic carboxylic acids is 1. The molecule has 1 aliphatic heterocycles. The highest BCUT2D eigenvalue weighted by Gasteiger charge is 2.27. The molecule has 0 radical (unpaired) electrons. The number of hydrogen-bond donors (Lipinski definition) is 1. The lowest BCUT2D eigenvalue weighted by atomic mass is 10.0. The van der Waals surface area contributed by atoms with E-state index in [0.29, 0.717) is 6.61 Å². The van der Waals surface area contributed by atoms with Crippen molar-refractivity contribution in [2.75, 3.05) is 19.7 Å². The van der Waals surface area contributed by atoms with Crippen LogP contribution in [0.4, 0.5) is 0 Å². The van der Waals surface area contributed by atoms with E-state index in [2.05, 4.69) is 4.90 Å². The fourth-order valence-corrected chi connectivity index (χ4v) is 3.01. The molecule has 1 aromatic carbocycles. The van der Waals surface area contributed by atoms with Crippen molar-refractivity contribution in [2.24, 2.45) is 0 Å². The van der Waals surface area contributed by atoms with Crippen molar-refractivity contribution in [2.45, 2.75) is 45.6 Å². The lowest BCUT2D eigenvalue weighted by molar-refractivity contribution is -0.144. The van der Waals surface area contributed by atoms with E-state index in [1.807, 2.05) is 32.0 Å². The van der Waals surface area contributed by atoms with Crippen molar-refractivity contribution in [1.29, 1.82) is 0 Å². The van der Waals surface area contributed by atoms with Gasteiger partial charge in [-0.05, 0) is 50.8 Å². The van der Waals surface area contributed by atoms with Gasteiger partial charge in [-0.15, -0.1) is 0 Å². The molecule has 21 heavy (non-hydrogen) atoms. The van der Waals surface area contributed by atoms with Crippen molar-refractivity contribution in [3.8, 4) is 5.75 Å². The Hall–Kier alpha value is -1.55. The summed E-state index contributed by atoms with van der Waals surface area (Å²) in [5.41, 5.74) is 2.30. The molecule has 1 saturated heterocycles. The smallest absolute Gasteiger partial charge is 0.320 e. The topological polar surface area (TPSA) is 49.8 Å². The van der Waals surface area contributed by atoms with Gasteiger partial charge in [0.15, 0.2) is 0 Å². The van der Waals surface area contributed by atoms with Gasteiger partial charge in [0.25, 0.3) is 0 Å². The third-order valence-corrected chi connectivity index (χ3v) is 4.14. The average Bonchev–Trinajstić information content (AvgIpc) is 2.46. The van der Waals surface area contributed by atoms with Crippen LogP contribution in [-0.4, -0.2) is 41.7 Å². The largest absolute Gasteiger partial charge is 0.493 e. The van der Waals surface area contributed by atoms with Crippen molar-refractivity contribution < 1.29 is 14.6 Å². The van der Waals surface area contributed by atoms with Crippen molar-refractivity contribution in [1.82, 2.24) is 4.90 Å². The zero-order valence-electron chi connectivity index (χ0n) is 13.0. The minimum absolute atomic E-state index is 0.307. The standard InChI is InChI=1S/C17H25NO3/c1-13-7-5-8-14(2)16(13)21-12-6-11-18-10-4-3-9-15(18)17(19)20/h5,7-8,15H,3-4,6,9-12H2,1-2H3,(H,19,20). The number of rotatable bonds is 6. The molecular weight excluding hydrogens is 266 g/mol. The van der Waals surface area contributed by atoms with Crippen molar-refractivity contribution >= 4 is 5.97 Å². The van der Waals surface area contributed by atoms with E-state index >= 15 is 0 Å². The summed E-state index contributed by atoms with van der Waals surface area (Å²) in [6.45, 7) is 6.41. The van der Waals surface area contributed by atoms with E-state index in [4.69, 9.17) is 4.74 Å². The quantitative estimate of drug-likeness (QED) is 0.819. The molecule has 116 valence electrons. The Bertz CT molecular complexity index is 467. The highest BCUT2D eigenvalue weighted by molar-refractivity contribution is 5.73.